The van der Waals surface area contributed by atoms with Gasteiger partial charge in [-0.05, 0) is 48.9 Å². The summed E-state index contributed by atoms with van der Waals surface area (Å²) in [7, 11) is -3.37. The second kappa shape index (κ2) is 7.86. The molecule has 1 aromatic carbocycles. The van der Waals surface area contributed by atoms with E-state index in [9.17, 15) is 31.6 Å². The van der Waals surface area contributed by atoms with Crippen molar-refractivity contribution < 1.29 is 31.6 Å². The molecule has 1 N–H and O–H groups in total. The number of anilines is 1. The van der Waals surface area contributed by atoms with Gasteiger partial charge in [0.25, 0.3) is 11.1 Å². The first-order chi connectivity index (χ1) is 13.5. The Morgan fingerprint density at radius 1 is 1.17 bits per heavy atom. The second-order valence-corrected chi connectivity index (χ2v) is 9.87. The zero-order chi connectivity index (χ0) is 21.4. The van der Waals surface area contributed by atoms with Crippen molar-refractivity contribution in [3.63, 3.8) is 0 Å². The number of carbonyl (C=O) groups is 3. The van der Waals surface area contributed by atoms with E-state index < -0.39 is 39.4 Å². The number of benzene rings is 1. The Bertz CT molecular complexity index is 992. The molecule has 11 heteroatoms. The lowest BCUT2D eigenvalue weighted by Gasteiger charge is -2.24. The highest BCUT2D eigenvalue weighted by molar-refractivity contribution is 8.18. The molecule has 2 fully saturated rings. The number of thioether (sulfide) groups is 1. The van der Waals surface area contributed by atoms with Crippen molar-refractivity contribution in [1.82, 2.24) is 4.90 Å². The van der Waals surface area contributed by atoms with Crippen molar-refractivity contribution in [2.45, 2.75) is 36.5 Å². The summed E-state index contributed by atoms with van der Waals surface area (Å²) in [5, 5.41) is 1.86. The van der Waals surface area contributed by atoms with Gasteiger partial charge in [-0.2, -0.15) is 0 Å². The number of allylic oxidation sites excluding steroid dienone is 1. The number of nitrogens with zero attached hydrogens (tertiary/aromatic N) is 1. The average molecular weight is 444 g/mol. The number of sulfone groups is 1. The molecule has 0 atom stereocenters. The molecule has 3 rings (SSSR count). The minimum atomic E-state index is -3.37. The van der Waals surface area contributed by atoms with E-state index in [1.54, 1.807) is 0 Å². The summed E-state index contributed by atoms with van der Waals surface area (Å²) in [6.07, 6.45) is 0.417. The topological polar surface area (TPSA) is 101 Å². The molecule has 0 bridgehead atoms. The highest BCUT2D eigenvalue weighted by Gasteiger charge is 2.41. The molecule has 1 aromatic rings. The molecule has 7 nitrogen and oxygen atoms in total. The second-order valence-electron chi connectivity index (χ2n) is 6.89. The van der Waals surface area contributed by atoms with Crippen LogP contribution in [0.25, 0.3) is 0 Å². The lowest BCUT2D eigenvalue weighted by molar-refractivity contribution is -0.127. The Balaban J connectivity index is 1.65. The van der Waals surface area contributed by atoms with Gasteiger partial charge in [-0.15, -0.1) is 0 Å². The van der Waals surface area contributed by atoms with Gasteiger partial charge in [-0.1, -0.05) is 5.57 Å². The van der Waals surface area contributed by atoms with Crippen molar-refractivity contribution in [2.24, 2.45) is 0 Å². The third-order valence-electron chi connectivity index (χ3n) is 4.62. The summed E-state index contributed by atoms with van der Waals surface area (Å²) in [5.41, 5.74) is 0.834. The first kappa shape index (κ1) is 21.4. The number of alkyl halides is 2. The Kier molecular flexibility index (Phi) is 5.81. The van der Waals surface area contributed by atoms with Crippen molar-refractivity contribution in [2.75, 3.05) is 18.1 Å². The molecular formula is C18H18F2N2O5S2. The molecule has 1 saturated carbocycles. The SMILES string of the molecule is CS(=O)(=O)c1ccc(NC(=O)CN2C(=O)SC(=C3CCC(F)(F)CC3)C2=O)cc1. The molecular weight excluding hydrogens is 426 g/mol. The van der Waals surface area contributed by atoms with Gasteiger partial charge >= 0.3 is 0 Å². The van der Waals surface area contributed by atoms with E-state index >= 15 is 0 Å². The Labute approximate surface area is 170 Å². The van der Waals surface area contributed by atoms with Crippen LogP contribution in [-0.4, -0.2) is 49.1 Å². The molecule has 2 aliphatic rings. The summed E-state index contributed by atoms with van der Waals surface area (Å²) < 4.78 is 49.5. The van der Waals surface area contributed by atoms with Gasteiger partial charge in [0.1, 0.15) is 6.54 Å². The maximum absolute atomic E-state index is 13.3. The number of carbonyl (C=O) groups excluding carboxylic acids is 3. The average Bonchev–Trinajstić information content (AvgIpc) is 2.89. The van der Waals surface area contributed by atoms with Crippen LogP contribution in [0.2, 0.25) is 0 Å². The fraction of sp³-hybridized carbons (Fsp3) is 0.389. The van der Waals surface area contributed by atoms with E-state index in [4.69, 9.17) is 0 Å². The van der Waals surface area contributed by atoms with Gasteiger partial charge in [0.15, 0.2) is 9.84 Å². The van der Waals surface area contributed by atoms with E-state index in [1.165, 1.54) is 24.3 Å². The predicted molar refractivity (Wildman–Crippen MR) is 103 cm³/mol. The number of amides is 3. The molecule has 0 spiro atoms. The largest absolute Gasteiger partial charge is 0.325 e. The van der Waals surface area contributed by atoms with E-state index in [0.29, 0.717) is 23.0 Å². The minimum absolute atomic E-state index is 0.0427. The van der Waals surface area contributed by atoms with E-state index in [-0.39, 0.29) is 35.5 Å². The van der Waals surface area contributed by atoms with Gasteiger partial charge < -0.3 is 5.32 Å². The summed E-state index contributed by atoms with van der Waals surface area (Å²) in [6.45, 7) is -0.522. The predicted octanol–water partition coefficient (Wildman–Crippen LogP) is 3.19. The van der Waals surface area contributed by atoms with Gasteiger partial charge in [0.2, 0.25) is 11.8 Å². The van der Waals surface area contributed by atoms with Gasteiger partial charge in [0.05, 0.1) is 9.80 Å². The summed E-state index contributed by atoms with van der Waals surface area (Å²) >= 11 is 0.667. The number of imide groups is 1. The van der Waals surface area contributed by atoms with E-state index in [0.717, 1.165) is 11.2 Å². The number of nitrogens with one attached hydrogen (secondary N) is 1. The first-order valence-corrected chi connectivity index (χ1v) is 11.4. The van der Waals surface area contributed by atoms with Gasteiger partial charge in [-0.3, -0.25) is 19.3 Å². The third kappa shape index (κ3) is 5.02. The van der Waals surface area contributed by atoms with Crippen LogP contribution < -0.4 is 5.32 Å². The number of hydrogen-bond acceptors (Lipinski definition) is 6. The Morgan fingerprint density at radius 2 is 1.76 bits per heavy atom. The van der Waals surface area contributed by atoms with Crippen molar-refractivity contribution in [3.8, 4) is 0 Å². The van der Waals surface area contributed by atoms with Crippen LogP contribution in [-0.2, 0) is 19.4 Å². The first-order valence-electron chi connectivity index (χ1n) is 8.70. The van der Waals surface area contributed by atoms with Gasteiger partial charge in [-0.25, -0.2) is 17.2 Å². The fourth-order valence-electron chi connectivity index (χ4n) is 3.03. The van der Waals surface area contributed by atoms with Crippen LogP contribution in [0, 0.1) is 0 Å². The standard InChI is InChI=1S/C18H18F2N2O5S2/c1-29(26,27)13-4-2-12(3-5-13)21-14(23)10-22-16(24)15(28-17(22)25)11-6-8-18(19,20)9-7-11/h2-5H,6-10H2,1H3,(H,21,23). The van der Waals surface area contributed by atoms with E-state index in [1.807, 2.05) is 0 Å². The molecule has 0 radical (unpaired) electrons. The lowest BCUT2D eigenvalue weighted by Crippen LogP contribution is -2.36. The maximum atomic E-state index is 13.3. The molecule has 1 aliphatic carbocycles. The van der Waals surface area contributed by atoms with Crippen molar-refractivity contribution in [1.29, 1.82) is 0 Å². The zero-order valence-electron chi connectivity index (χ0n) is 15.4. The normalized spacial score (nSPS) is 19.6. The molecule has 1 saturated heterocycles. The summed E-state index contributed by atoms with van der Waals surface area (Å²) in [5.74, 6) is -4.05. The lowest BCUT2D eigenvalue weighted by atomic mass is 9.91. The highest BCUT2D eigenvalue weighted by Crippen LogP contribution is 2.42. The molecule has 1 heterocycles. The summed E-state index contributed by atoms with van der Waals surface area (Å²) in [6, 6.07) is 5.45. The summed E-state index contributed by atoms with van der Waals surface area (Å²) in [4.78, 5) is 37.9. The van der Waals surface area contributed by atoms with Crippen molar-refractivity contribution >= 4 is 44.3 Å². The fourth-order valence-corrected chi connectivity index (χ4v) is 4.63. The monoisotopic (exact) mass is 444 g/mol. The molecule has 1 aliphatic heterocycles. The van der Waals surface area contributed by atoms with Crippen LogP contribution in [0.5, 0.6) is 0 Å². The highest BCUT2D eigenvalue weighted by atomic mass is 32.2. The molecule has 156 valence electrons. The minimum Gasteiger partial charge on any atom is -0.325 e. The number of hydrogen-bond donors (Lipinski definition) is 1. The van der Waals surface area contributed by atoms with Crippen LogP contribution in [0.4, 0.5) is 19.3 Å². The van der Waals surface area contributed by atoms with Gasteiger partial charge in [0, 0.05) is 24.8 Å². The van der Waals surface area contributed by atoms with Crippen LogP contribution in [0.3, 0.4) is 0 Å². The molecule has 3 amide bonds. The quantitative estimate of drug-likeness (QED) is 0.716. The Hall–Kier alpha value is -2.27. The number of rotatable bonds is 4. The third-order valence-corrected chi connectivity index (χ3v) is 6.81. The molecule has 29 heavy (non-hydrogen) atoms. The van der Waals surface area contributed by atoms with Crippen LogP contribution in [0.15, 0.2) is 39.6 Å². The number of halogens is 2. The van der Waals surface area contributed by atoms with Crippen LogP contribution in [0.1, 0.15) is 25.7 Å². The van der Waals surface area contributed by atoms with E-state index in [2.05, 4.69) is 5.32 Å². The zero-order valence-corrected chi connectivity index (χ0v) is 17.0. The molecule has 0 aromatic heterocycles. The van der Waals surface area contributed by atoms with Crippen LogP contribution >= 0.6 is 11.8 Å². The smallest absolute Gasteiger partial charge is 0.294 e. The van der Waals surface area contributed by atoms with Crippen molar-refractivity contribution in [3.05, 3.63) is 34.7 Å². The Morgan fingerprint density at radius 3 is 2.31 bits per heavy atom. The molecule has 0 unspecified atom stereocenters. The maximum Gasteiger partial charge on any atom is 0.294 e.